The molecule has 28 heavy (non-hydrogen) atoms. The summed E-state index contributed by atoms with van der Waals surface area (Å²) in [5, 5.41) is 0. The van der Waals surface area contributed by atoms with Gasteiger partial charge in [0.15, 0.2) is 11.9 Å². The van der Waals surface area contributed by atoms with Gasteiger partial charge >= 0.3 is 5.97 Å². The molecule has 1 aliphatic rings. The predicted molar refractivity (Wildman–Crippen MR) is 107 cm³/mol. The number of aryl methyl sites for hydroxylation is 1. The summed E-state index contributed by atoms with van der Waals surface area (Å²) in [7, 11) is 5.24. The fourth-order valence-electron chi connectivity index (χ4n) is 2.98. The number of fused-ring (bicyclic) bond motifs is 1. The number of hydrogen-bond donors (Lipinski definition) is 0. The molecule has 0 saturated heterocycles. The van der Waals surface area contributed by atoms with Crippen molar-refractivity contribution in [2.24, 2.45) is 0 Å². The number of nitrogens with zero attached hydrogens (tertiary/aromatic N) is 1. The Balaban J connectivity index is 1.85. The number of ether oxygens (including phenoxy) is 3. The molecule has 0 amide bonds. The Morgan fingerprint density at radius 2 is 1.86 bits per heavy atom. The molecule has 1 unspecified atom stereocenters. The van der Waals surface area contributed by atoms with Crippen LogP contribution in [-0.4, -0.2) is 39.1 Å². The van der Waals surface area contributed by atoms with Crippen molar-refractivity contribution in [2.75, 3.05) is 26.1 Å². The zero-order valence-corrected chi connectivity index (χ0v) is 16.6. The van der Waals surface area contributed by atoms with Crippen molar-refractivity contribution in [3.05, 3.63) is 58.8 Å². The third kappa shape index (κ3) is 3.86. The lowest BCUT2D eigenvalue weighted by Crippen LogP contribution is -2.24. The SMILES string of the molecule is COC(=O)C(C)Oc1cc(C)c2c(c1)O/C(=C\c1ccc(N(C)C)cc1)C2=O. The van der Waals surface area contributed by atoms with Crippen LogP contribution in [0.2, 0.25) is 0 Å². The number of Topliss-reactive ketones (excluding diaryl/α,β-unsaturated/α-hetero) is 1. The first kappa shape index (κ1) is 19.5. The molecule has 1 aliphatic heterocycles. The van der Waals surface area contributed by atoms with Crippen LogP contribution in [0.25, 0.3) is 6.08 Å². The molecule has 0 radical (unpaired) electrons. The van der Waals surface area contributed by atoms with Gasteiger partial charge in [-0.2, -0.15) is 0 Å². The van der Waals surface area contributed by atoms with Gasteiger partial charge < -0.3 is 19.1 Å². The number of esters is 1. The van der Waals surface area contributed by atoms with E-state index in [1.165, 1.54) is 7.11 Å². The molecule has 2 aromatic carbocycles. The van der Waals surface area contributed by atoms with Gasteiger partial charge in [-0.3, -0.25) is 4.79 Å². The zero-order valence-electron chi connectivity index (χ0n) is 16.6. The normalized spacial score (nSPS) is 15.0. The van der Waals surface area contributed by atoms with E-state index in [0.29, 0.717) is 17.1 Å². The van der Waals surface area contributed by atoms with Gasteiger partial charge in [0, 0.05) is 25.8 Å². The smallest absolute Gasteiger partial charge is 0.346 e. The van der Waals surface area contributed by atoms with E-state index in [1.807, 2.05) is 50.2 Å². The molecule has 3 rings (SSSR count). The van der Waals surface area contributed by atoms with Crippen LogP contribution in [0.1, 0.15) is 28.4 Å². The highest BCUT2D eigenvalue weighted by Gasteiger charge is 2.30. The molecular weight excluding hydrogens is 358 g/mol. The van der Waals surface area contributed by atoms with Crippen molar-refractivity contribution in [2.45, 2.75) is 20.0 Å². The molecule has 1 heterocycles. The summed E-state index contributed by atoms with van der Waals surface area (Å²) in [5.74, 6) is 0.481. The van der Waals surface area contributed by atoms with Gasteiger partial charge in [-0.1, -0.05) is 12.1 Å². The van der Waals surface area contributed by atoms with E-state index in [9.17, 15) is 9.59 Å². The van der Waals surface area contributed by atoms with E-state index in [1.54, 1.807) is 25.1 Å². The van der Waals surface area contributed by atoms with Gasteiger partial charge in [-0.05, 0) is 49.2 Å². The Morgan fingerprint density at radius 1 is 1.18 bits per heavy atom. The molecule has 0 saturated carbocycles. The van der Waals surface area contributed by atoms with Crippen LogP contribution < -0.4 is 14.4 Å². The van der Waals surface area contributed by atoms with Crippen LogP contribution in [0, 0.1) is 6.92 Å². The number of rotatable bonds is 5. The monoisotopic (exact) mass is 381 g/mol. The summed E-state index contributed by atoms with van der Waals surface area (Å²) < 4.78 is 16.1. The second-order valence-corrected chi connectivity index (χ2v) is 6.82. The number of benzene rings is 2. The number of methoxy groups -OCH3 is 1. The first-order valence-corrected chi connectivity index (χ1v) is 8.91. The fourth-order valence-corrected chi connectivity index (χ4v) is 2.98. The standard InChI is InChI=1S/C22H23NO5/c1-13-10-17(27-14(2)22(25)26-5)12-18-20(13)21(24)19(28-18)11-15-6-8-16(9-7-15)23(3)4/h6-12,14H,1-5H3/b19-11-. The van der Waals surface area contributed by atoms with Gasteiger partial charge in [-0.25, -0.2) is 4.79 Å². The lowest BCUT2D eigenvalue weighted by molar-refractivity contribution is -0.147. The lowest BCUT2D eigenvalue weighted by atomic mass is 10.0. The molecule has 0 fully saturated rings. The maximum atomic E-state index is 12.8. The van der Waals surface area contributed by atoms with E-state index < -0.39 is 12.1 Å². The van der Waals surface area contributed by atoms with E-state index in [2.05, 4.69) is 4.74 Å². The molecule has 6 nitrogen and oxygen atoms in total. The number of anilines is 1. The first-order valence-electron chi connectivity index (χ1n) is 8.91. The summed E-state index contributed by atoms with van der Waals surface area (Å²) >= 11 is 0. The number of hydrogen-bond acceptors (Lipinski definition) is 6. The van der Waals surface area contributed by atoms with E-state index in [0.717, 1.165) is 16.8 Å². The number of ketones is 1. The topological polar surface area (TPSA) is 65.1 Å². The zero-order chi connectivity index (χ0) is 20.4. The number of allylic oxidation sites excluding steroid dienone is 1. The third-order valence-electron chi connectivity index (χ3n) is 4.50. The van der Waals surface area contributed by atoms with Crippen molar-refractivity contribution >= 4 is 23.5 Å². The van der Waals surface area contributed by atoms with Crippen molar-refractivity contribution in [1.82, 2.24) is 0 Å². The minimum Gasteiger partial charge on any atom is -0.479 e. The highest BCUT2D eigenvalue weighted by Crippen LogP contribution is 2.37. The second-order valence-electron chi connectivity index (χ2n) is 6.82. The Morgan fingerprint density at radius 3 is 2.46 bits per heavy atom. The number of carbonyl (C=O) groups excluding carboxylic acids is 2. The Kier molecular flexibility index (Phi) is 5.40. The lowest BCUT2D eigenvalue weighted by Gasteiger charge is -2.13. The van der Waals surface area contributed by atoms with Gasteiger partial charge in [0.1, 0.15) is 11.5 Å². The highest BCUT2D eigenvalue weighted by molar-refractivity contribution is 6.15. The van der Waals surface area contributed by atoms with Gasteiger partial charge in [0.05, 0.1) is 12.7 Å². The molecule has 2 aromatic rings. The molecule has 0 aromatic heterocycles. The minimum absolute atomic E-state index is 0.170. The van der Waals surface area contributed by atoms with Crippen LogP contribution in [0.5, 0.6) is 11.5 Å². The first-order chi connectivity index (χ1) is 13.3. The van der Waals surface area contributed by atoms with Gasteiger partial charge in [-0.15, -0.1) is 0 Å². The van der Waals surface area contributed by atoms with Gasteiger partial charge in [0.25, 0.3) is 0 Å². The highest BCUT2D eigenvalue weighted by atomic mass is 16.6. The van der Waals surface area contributed by atoms with Crippen LogP contribution in [0.15, 0.2) is 42.2 Å². The van der Waals surface area contributed by atoms with Crippen molar-refractivity contribution in [3.8, 4) is 11.5 Å². The van der Waals surface area contributed by atoms with E-state index >= 15 is 0 Å². The Hall–Kier alpha value is -3.28. The van der Waals surface area contributed by atoms with Crippen LogP contribution >= 0.6 is 0 Å². The third-order valence-corrected chi connectivity index (χ3v) is 4.50. The number of carbonyl (C=O) groups is 2. The van der Waals surface area contributed by atoms with E-state index in [4.69, 9.17) is 9.47 Å². The average molecular weight is 381 g/mol. The largest absolute Gasteiger partial charge is 0.479 e. The van der Waals surface area contributed by atoms with Crippen LogP contribution in [-0.2, 0) is 9.53 Å². The fraction of sp³-hybridized carbons (Fsp3) is 0.273. The molecule has 0 bridgehead atoms. The Labute approximate surface area is 164 Å². The minimum atomic E-state index is -0.759. The van der Waals surface area contributed by atoms with Crippen molar-refractivity contribution < 1.29 is 23.8 Å². The molecule has 0 spiro atoms. The van der Waals surface area contributed by atoms with E-state index in [-0.39, 0.29) is 11.5 Å². The molecule has 0 aliphatic carbocycles. The molecule has 1 atom stereocenters. The summed E-state index contributed by atoms with van der Waals surface area (Å²) in [4.78, 5) is 26.3. The maximum Gasteiger partial charge on any atom is 0.346 e. The summed E-state index contributed by atoms with van der Waals surface area (Å²) in [6.07, 6.45) is 0.962. The molecule has 0 N–H and O–H groups in total. The summed E-state index contributed by atoms with van der Waals surface area (Å²) in [6.45, 7) is 3.41. The van der Waals surface area contributed by atoms with Crippen molar-refractivity contribution in [3.63, 3.8) is 0 Å². The van der Waals surface area contributed by atoms with Crippen LogP contribution in [0.4, 0.5) is 5.69 Å². The quantitative estimate of drug-likeness (QED) is 0.582. The summed E-state index contributed by atoms with van der Waals surface area (Å²) in [5.41, 5.74) is 3.17. The molecule has 146 valence electrons. The van der Waals surface area contributed by atoms with Crippen molar-refractivity contribution in [1.29, 1.82) is 0 Å². The maximum absolute atomic E-state index is 12.8. The average Bonchev–Trinajstić information content (AvgIpc) is 2.97. The molecule has 6 heteroatoms. The Bertz CT molecular complexity index is 944. The van der Waals surface area contributed by atoms with Gasteiger partial charge in [0.2, 0.25) is 5.78 Å². The second kappa shape index (κ2) is 7.76. The molecular formula is C22H23NO5. The van der Waals surface area contributed by atoms with Crippen LogP contribution in [0.3, 0.4) is 0 Å². The predicted octanol–water partition coefficient (Wildman–Crippen LogP) is 3.62. The summed E-state index contributed by atoms with van der Waals surface area (Å²) in [6, 6.07) is 11.2.